The van der Waals surface area contributed by atoms with Crippen LogP contribution in [0.1, 0.15) is 55.9 Å². The van der Waals surface area contributed by atoms with Gasteiger partial charge in [0.15, 0.2) is 0 Å². The van der Waals surface area contributed by atoms with E-state index in [0.717, 1.165) is 42.9 Å². The number of ether oxygens (including phenoxy) is 2. The largest absolute Gasteiger partial charge is 0.496 e. The Labute approximate surface area is 206 Å². The molecule has 1 fully saturated rings. The predicted octanol–water partition coefficient (Wildman–Crippen LogP) is 5.83. The highest BCUT2D eigenvalue weighted by Crippen LogP contribution is 2.34. The molecule has 4 rings (SSSR count). The summed E-state index contributed by atoms with van der Waals surface area (Å²) in [6, 6.07) is 13.1. The van der Waals surface area contributed by atoms with E-state index in [4.69, 9.17) is 9.47 Å². The summed E-state index contributed by atoms with van der Waals surface area (Å²) in [6.45, 7) is 13.2. The Morgan fingerprint density at radius 3 is 2.62 bits per heavy atom. The summed E-state index contributed by atoms with van der Waals surface area (Å²) in [5, 5.41) is 0. The zero-order valence-corrected chi connectivity index (χ0v) is 21.8. The fourth-order valence-corrected chi connectivity index (χ4v) is 5.29. The smallest absolute Gasteiger partial charge is 0.125 e. The first-order chi connectivity index (χ1) is 16.4. The van der Waals surface area contributed by atoms with Crippen LogP contribution in [0.15, 0.2) is 42.0 Å². The molecule has 0 aromatic heterocycles. The number of rotatable bonds is 8. The fraction of sp³-hybridized carbons (Fsp3) is 0.533. The van der Waals surface area contributed by atoms with E-state index in [2.05, 4.69) is 74.0 Å². The number of aryl methyl sites for hydroxylation is 1. The average molecular weight is 463 g/mol. The van der Waals surface area contributed by atoms with E-state index in [9.17, 15) is 0 Å². The molecule has 0 atom stereocenters. The molecule has 0 saturated carbocycles. The average Bonchev–Trinajstić information content (AvgIpc) is 3.03. The van der Waals surface area contributed by atoms with E-state index in [-0.39, 0.29) is 0 Å². The molecule has 34 heavy (non-hydrogen) atoms. The van der Waals surface area contributed by atoms with Gasteiger partial charge in [0.05, 0.1) is 7.11 Å². The van der Waals surface area contributed by atoms with E-state index in [1.807, 2.05) is 0 Å². The van der Waals surface area contributed by atoms with Crippen LogP contribution < -0.4 is 9.47 Å². The quantitative estimate of drug-likeness (QED) is 0.493. The van der Waals surface area contributed by atoms with Crippen molar-refractivity contribution in [2.75, 3.05) is 46.9 Å². The highest BCUT2D eigenvalue weighted by atomic mass is 16.5. The summed E-state index contributed by atoms with van der Waals surface area (Å²) in [6.07, 6.45) is 4.58. The molecule has 2 aromatic rings. The second kappa shape index (κ2) is 11.4. The van der Waals surface area contributed by atoms with Crippen molar-refractivity contribution < 1.29 is 9.47 Å². The van der Waals surface area contributed by atoms with Gasteiger partial charge in [0, 0.05) is 25.2 Å². The monoisotopic (exact) mass is 462 g/mol. The molecule has 2 aliphatic rings. The summed E-state index contributed by atoms with van der Waals surface area (Å²) >= 11 is 0. The molecule has 1 saturated heterocycles. The van der Waals surface area contributed by atoms with Crippen molar-refractivity contribution in [1.82, 2.24) is 9.80 Å². The highest BCUT2D eigenvalue weighted by molar-refractivity contribution is 5.72. The normalized spacial score (nSPS) is 17.6. The molecule has 0 bridgehead atoms. The van der Waals surface area contributed by atoms with Crippen LogP contribution in [0.3, 0.4) is 0 Å². The third-order valence-electron chi connectivity index (χ3n) is 7.32. The number of hydrogen-bond acceptors (Lipinski definition) is 4. The molecule has 4 heteroatoms. The van der Waals surface area contributed by atoms with Crippen LogP contribution in [-0.2, 0) is 19.4 Å². The van der Waals surface area contributed by atoms with Crippen molar-refractivity contribution in [1.29, 1.82) is 0 Å². The van der Waals surface area contributed by atoms with Crippen LogP contribution in [0.25, 0.3) is 5.57 Å². The minimum atomic E-state index is 0.521. The molecular formula is C30H42N2O2. The minimum absolute atomic E-state index is 0.521. The molecule has 1 aliphatic heterocycles. The maximum absolute atomic E-state index is 6.22. The standard InChI is InChI=1S/C30H42N2O2/c1-22(2)17-24-7-8-27(30(18-24)33-5)21-34-28-11-12-29-23(3)26(10-9-25(29)19-28)20-32-14-6-13-31(4)15-16-32/h7-8,11-12,18-19,22H,6,9-10,13-17,20-21H2,1-5H3. The van der Waals surface area contributed by atoms with Crippen molar-refractivity contribution in [3.63, 3.8) is 0 Å². The van der Waals surface area contributed by atoms with Gasteiger partial charge in [-0.15, -0.1) is 0 Å². The molecule has 0 unspecified atom stereocenters. The van der Waals surface area contributed by atoms with Gasteiger partial charge >= 0.3 is 0 Å². The van der Waals surface area contributed by atoms with E-state index < -0.39 is 0 Å². The van der Waals surface area contributed by atoms with Crippen LogP contribution in [0, 0.1) is 5.92 Å². The Hall–Kier alpha value is -2.30. The third kappa shape index (κ3) is 6.22. The van der Waals surface area contributed by atoms with Crippen LogP contribution >= 0.6 is 0 Å². The van der Waals surface area contributed by atoms with Gasteiger partial charge in [-0.05, 0) is 99.1 Å². The summed E-state index contributed by atoms with van der Waals surface area (Å²) in [7, 11) is 3.98. The first-order valence-corrected chi connectivity index (χ1v) is 12.9. The third-order valence-corrected chi connectivity index (χ3v) is 7.32. The van der Waals surface area contributed by atoms with Crippen molar-refractivity contribution in [3.8, 4) is 11.5 Å². The number of nitrogens with zero attached hydrogens (tertiary/aromatic N) is 2. The Morgan fingerprint density at radius 2 is 1.82 bits per heavy atom. The van der Waals surface area contributed by atoms with Crippen molar-refractivity contribution >= 4 is 5.57 Å². The van der Waals surface area contributed by atoms with Gasteiger partial charge in [0.25, 0.3) is 0 Å². The van der Waals surface area contributed by atoms with Gasteiger partial charge in [0.1, 0.15) is 18.1 Å². The first-order valence-electron chi connectivity index (χ1n) is 12.9. The van der Waals surface area contributed by atoms with Gasteiger partial charge < -0.3 is 14.4 Å². The summed E-state index contributed by atoms with van der Waals surface area (Å²) in [5.41, 5.74) is 8.29. The molecular weight excluding hydrogens is 420 g/mol. The summed E-state index contributed by atoms with van der Waals surface area (Å²) in [5.74, 6) is 2.49. The number of benzene rings is 2. The lowest BCUT2D eigenvalue weighted by Crippen LogP contribution is -2.31. The molecule has 184 valence electrons. The Bertz CT molecular complexity index is 1010. The predicted molar refractivity (Wildman–Crippen MR) is 142 cm³/mol. The number of methoxy groups -OCH3 is 1. The van der Waals surface area contributed by atoms with Crippen LogP contribution in [0.2, 0.25) is 0 Å². The highest BCUT2D eigenvalue weighted by Gasteiger charge is 2.20. The second-order valence-corrected chi connectivity index (χ2v) is 10.5. The van der Waals surface area contributed by atoms with Gasteiger partial charge in [-0.3, -0.25) is 4.90 Å². The van der Waals surface area contributed by atoms with Crippen molar-refractivity contribution in [3.05, 3.63) is 64.2 Å². The summed E-state index contributed by atoms with van der Waals surface area (Å²) < 4.78 is 11.9. The lowest BCUT2D eigenvalue weighted by Gasteiger charge is -2.27. The van der Waals surface area contributed by atoms with Gasteiger partial charge in [-0.2, -0.15) is 0 Å². The molecule has 0 amide bonds. The van der Waals surface area contributed by atoms with E-state index in [1.165, 1.54) is 54.9 Å². The topological polar surface area (TPSA) is 24.9 Å². The van der Waals surface area contributed by atoms with Gasteiger partial charge in [0.2, 0.25) is 0 Å². The molecule has 2 aromatic carbocycles. The molecule has 1 aliphatic carbocycles. The van der Waals surface area contributed by atoms with Crippen LogP contribution in [-0.4, -0.2) is 56.7 Å². The van der Waals surface area contributed by atoms with Gasteiger partial charge in [-0.1, -0.05) is 37.6 Å². The van der Waals surface area contributed by atoms with E-state index in [1.54, 1.807) is 12.7 Å². The SMILES string of the molecule is COc1cc(CC(C)C)ccc1COc1ccc2c(c1)CCC(CN1CCCN(C)CC1)=C2C. The molecule has 4 nitrogen and oxygen atoms in total. The maximum atomic E-state index is 6.22. The zero-order chi connectivity index (χ0) is 24.1. The van der Waals surface area contributed by atoms with E-state index in [0.29, 0.717) is 12.5 Å². The number of allylic oxidation sites excluding steroid dienone is 1. The molecule has 1 heterocycles. The number of fused-ring (bicyclic) bond motifs is 1. The fourth-order valence-electron chi connectivity index (χ4n) is 5.29. The van der Waals surface area contributed by atoms with Crippen LogP contribution in [0.5, 0.6) is 11.5 Å². The zero-order valence-electron chi connectivity index (χ0n) is 21.8. The Balaban J connectivity index is 1.42. The second-order valence-electron chi connectivity index (χ2n) is 10.5. The number of hydrogen-bond donors (Lipinski definition) is 0. The maximum Gasteiger partial charge on any atom is 0.125 e. The molecule has 0 radical (unpaired) electrons. The van der Waals surface area contributed by atoms with Gasteiger partial charge in [-0.25, -0.2) is 0 Å². The Morgan fingerprint density at radius 1 is 0.971 bits per heavy atom. The first kappa shape index (κ1) is 24.8. The molecule has 0 N–H and O–H groups in total. The molecule has 0 spiro atoms. The van der Waals surface area contributed by atoms with Crippen molar-refractivity contribution in [2.45, 2.75) is 53.1 Å². The Kier molecular flexibility index (Phi) is 8.33. The van der Waals surface area contributed by atoms with E-state index >= 15 is 0 Å². The lowest BCUT2D eigenvalue weighted by atomic mass is 9.86. The van der Waals surface area contributed by atoms with Crippen LogP contribution in [0.4, 0.5) is 0 Å². The van der Waals surface area contributed by atoms with Crippen molar-refractivity contribution in [2.24, 2.45) is 5.92 Å². The number of likely N-dealkylation sites (N-methyl/N-ethyl adjacent to an activating group) is 1. The summed E-state index contributed by atoms with van der Waals surface area (Å²) in [4.78, 5) is 5.10. The minimum Gasteiger partial charge on any atom is -0.496 e. The lowest BCUT2D eigenvalue weighted by molar-refractivity contribution is 0.292.